The smallest absolute Gasteiger partial charge is 0.164 e. The van der Waals surface area contributed by atoms with Crippen LogP contribution in [0.25, 0.3) is 56.4 Å². The molecule has 0 saturated carbocycles. The summed E-state index contributed by atoms with van der Waals surface area (Å²) in [5.41, 5.74) is 11.8. The maximum atomic E-state index is 5.17. The Bertz CT molecular complexity index is 2390. The normalized spacial score (nSPS) is 12.7. The van der Waals surface area contributed by atoms with Crippen LogP contribution in [0.5, 0.6) is 0 Å². The summed E-state index contributed by atoms with van der Waals surface area (Å²) in [6.45, 7) is 0. The van der Waals surface area contributed by atoms with Crippen LogP contribution in [0.1, 0.15) is 22.3 Å². The van der Waals surface area contributed by atoms with Gasteiger partial charge in [-0.05, 0) is 68.8 Å². The van der Waals surface area contributed by atoms with Crippen molar-refractivity contribution in [3.63, 3.8) is 0 Å². The number of aromatic nitrogens is 4. The number of rotatable bonds is 6. The minimum Gasteiger partial charge on any atom is -0.265 e. The topological polar surface area (TPSA) is 51.6 Å². The van der Waals surface area contributed by atoms with Gasteiger partial charge in [-0.15, -0.1) is 0 Å². The van der Waals surface area contributed by atoms with E-state index in [1.165, 1.54) is 33.4 Å². The summed E-state index contributed by atoms with van der Waals surface area (Å²) in [5, 5.41) is 0. The molecule has 0 saturated heterocycles. The second-order valence-electron chi connectivity index (χ2n) is 12.3. The number of hydrogen-bond acceptors (Lipinski definition) is 4. The van der Waals surface area contributed by atoms with E-state index in [1.54, 1.807) is 0 Å². The lowest BCUT2D eigenvalue weighted by Gasteiger charge is -2.34. The van der Waals surface area contributed by atoms with E-state index in [4.69, 9.17) is 15.0 Å². The molecule has 0 aliphatic heterocycles. The molecule has 49 heavy (non-hydrogen) atoms. The van der Waals surface area contributed by atoms with Crippen molar-refractivity contribution in [1.82, 2.24) is 19.9 Å². The molecule has 2 aromatic heterocycles. The van der Waals surface area contributed by atoms with Crippen molar-refractivity contribution in [3.8, 4) is 56.4 Å². The van der Waals surface area contributed by atoms with Crippen LogP contribution in [-0.4, -0.2) is 19.9 Å². The number of fused-ring (bicyclic) bond motifs is 3. The van der Waals surface area contributed by atoms with Gasteiger partial charge in [-0.1, -0.05) is 146 Å². The summed E-state index contributed by atoms with van der Waals surface area (Å²) in [5.74, 6) is 1.89. The molecule has 4 heteroatoms. The Morgan fingerprint density at radius 1 is 0.327 bits per heavy atom. The predicted octanol–water partition coefficient (Wildman–Crippen LogP) is 10.3. The Hall–Kier alpha value is -6.52. The summed E-state index contributed by atoms with van der Waals surface area (Å²) in [4.78, 5) is 19.5. The molecule has 0 bridgehead atoms. The zero-order valence-electron chi connectivity index (χ0n) is 26.6. The highest BCUT2D eigenvalue weighted by atomic mass is 15.0. The third-order valence-corrected chi connectivity index (χ3v) is 9.52. The van der Waals surface area contributed by atoms with Gasteiger partial charge in [0.2, 0.25) is 0 Å². The molecule has 8 aromatic rings. The van der Waals surface area contributed by atoms with E-state index in [2.05, 4.69) is 132 Å². The minimum atomic E-state index is -0.512. The lowest BCUT2D eigenvalue weighted by molar-refractivity contribution is 0.768. The van der Waals surface area contributed by atoms with Gasteiger partial charge in [-0.25, -0.2) is 15.0 Å². The van der Waals surface area contributed by atoms with Gasteiger partial charge < -0.3 is 0 Å². The average molecular weight is 627 g/mol. The van der Waals surface area contributed by atoms with E-state index < -0.39 is 5.41 Å². The third kappa shape index (κ3) is 4.85. The van der Waals surface area contributed by atoms with E-state index in [9.17, 15) is 0 Å². The van der Waals surface area contributed by atoms with Crippen LogP contribution in [0.4, 0.5) is 0 Å². The predicted molar refractivity (Wildman–Crippen MR) is 197 cm³/mol. The quantitative estimate of drug-likeness (QED) is 0.184. The van der Waals surface area contributed by atoms with Crippen LogP contribution in [0, 0.1) is 0 Å². The molecule has 0 N–H and O–H groups in total. The first kappa shape index (κ1) is 28.7. The maximum Gasteiger partial charge on any atom is 0.164 e. The largest absolute Gasteiger partial charge is 0.265 e. The van der Waals surface area contributed by atoms with Gasteiger partial charge >= 0.3 is 0 Å². The van der Waals surface area contributed by atoms with Crippen LogP contribution >= 0.6 is 0 Å². The van der Waals surface area contributed by atoms with Crippen molar-refractivity contribution in [2.75, 3.05) is 0 Å². The Morgan fingerprint density at radius 3 is 1.51 bits per heavy atom. The molecule has 0 unspecified atom stereocenters. The third-order valence-electron chi connectivity index (χ3n) is 9.52. The molecule has 9 rings (SSSR count). The molecule has 1 aliphatic carbocycles. The second-order valence-corrected chi connectivity index (χ2v) is 12.3. The zero-order chi connectivity index (χ0) is 32.6. The van der Waals surface area contributed by atoms with Gasteiger partial charge in [0.05, 0.1) is 5.41 Å². The van der Waals surface area contributed by atoms with E-state index in [-0.39, 0.29) is 0 Å². The van der Waals surface area contributed by atoms with Gasteiger partial charge in [-0.2, -0.15) is 0 Å². The Morgan fingerprint density at radius 2 is 0.837 bits per heavy atom. The van der Waals surface area contributed by atoms with Crippen molar-refractivity contribution in [2.45, 2.75) is 5.41 Å². The minimum absolute atomic E-state index is 0.512. The highest BCUT2D eigenvalue weighted by molar-refractivity contribution is 5.88. The van der Waals surface area contributed by atoms with Crippen molar-refractivity contribution < 1.29 is 0 Å². The fraction of sp³-hybridized carbons (Fsp3) is 0.0222. The van der Waals surface area contributed by atoms with Crippen LogP contribution in [0.2, 0.25) is 0 Å². The second kappa shape index (κ2) is 11.9. The van der Waals surface area contributed by atoms with Crippen molar-refractivity contribution in [3.05, 3.63) is 205 Å². The van der Waals surface area contributed by atoms with Crippen LogP contribution in [0.15, 0.2) is 182 Å². The molecular formula is C45H30N4. The van der Waals surface area contributed by atoms with E-state index >= 15 is 0 Å². The summed E-state index contributed by atoms with van der Waals surface area (Å²) in [7, 11) is 0. The SMILES string of the molecule is c1ccc(-c2nc(-c3cccc(-c4ccncc4)c3)nc(-c3ccc4c(c3)C(c3ccccc3)(c3ccccc3)c3ccccc3-4)n2)cc1. The fourth-order valence-electron chi connectivity index (χ4n) is 7.32. The highest BCUT2D eigenvalue weighted by Gasteiger charge is 2.46. The van der Waals surface area contributed by atoms with Gasteiger partial charge in [0, 0.05) is 29.1 Å². The summed E-state index contributed by atoms with van der Waals surface area (Å²) < 4.78 is 0. The van der Waals surface area contributed by atoms with Crippen molar-refractivity contribution >= 4 is 0 Å². The zero-order valence-corrected chi connectivity index (χ0v) is 26.6. The molecule has 0 radical (unpaired) electrons. The number of nitrogens with zero attached hydrogens (tertiary/aromatic N) is 4. The van der Waals surface area contributed by atoms with Crippen LogP contribution in [0.3, 0.4) is 0 Å². The first-order chi connectivity index (χ1) is 24.3. The van der Waals surface area contributed by atoms with Crippen LogP contribution < -0.4 is 0 Å². The first-order valence-electron chi connectivity index (χ1n) is 16.5. The van der Waals surface area contributed by atoms with Gasteiger partial charge in [0.15, 0.2) is 17.5 Å². The Labute approximate surface area is 285 Å². The van der Waals surface area contributed by atoms with Gasteiger partial charge in [-0.3, -0.25) is 4.98 Å². The monoisotopic (exact) mass is 626 g/mol. The van der Waals surface area contributed by atoms with E-state index in [1.807, 2.05) is 54.9 Å². The molecular weight excluding hydrogens is 597 g/mol. The molecule has 2 heterocycles. The molecule has 0 spiro atoms. The first-order valence-corrected chi connectivity index (χ1v) is 16.5. The Balaban J connectivity index is 1.28. The highest BCUT2D eigenvalue weighted by Crippen LogP contribution is 2.56. The summed E-state index contributed by atoms with van der Waals surface area (Å²) in [6.07, 6.45) is 3.63. The molecule has 230 valence electrons. The average Bonchev–Trinajstić information content (AvgIpc) is 3.49. The standard InChI is InChI=1S/C45H30N4/c1-4-13-32(14-5-1)42-47-43(34-16-12-15-33(29-34)31-25-27-46-28-26-31)49-44(48-42)35-23-24-39-38-21-10-11-22-40(38)45(41(39)30-35,36-17-6-2-7-18-36)37-19-8-3-9-20-37/h1-30H. The number of pyridine rings is 1. The van der Waals surface area contributed by atoms with E-state index in [0.717, 1.165) is 27.8 Å². The maximum absolute atomic E-state index is 5.17. The lowest BCUT2D eigenvalue weighted by Crippen LogP contribution is -2.28. The van der Waals surface area contributed by atoms with Crippen molar-refractivity contribution in [1.29, 1.82) is 0 Å². The molecule has 1 aliphatic rings. The molecule has 6 aromatic carbocycles. The van der Waals surface area contributed by atoms with Gasteiger partial charge in [0.1, 0.15) is 0 Å². The molecule has 0 atom stereocenters. The lowest BCUT2D eigenvalue weighted by atomic mass is 9.67. The van der Waals surface area contributed by atoms with Crippen LogP contribution in [-0.2, 0) is 5.41 Å². The number of hydrogen-bond donors (Lipinski definition) is 0. The summed E-state index contributed by atoms with van der Waals surface area (Å²) in [6, 6.07) is 59.7. The van der Waals surface area contributed by atoms with Crippen molar-refractivity contribution in [2.24, 2.45) is 0 Å². The number of benzene rings is 6. The van der Waals surface area contributed by atoms with Gasteiger partial charge in [0.25, 0.3) is 0 Å². The summed E-state index contributed by atoms with van der Waals surface area (Å²) >= 11 is 0. The molecule has 0 fully saturated rings. The fourth-order valence-corrected chi connectivity index (χ4v) is 7.32. The molecule has 0 amide bonds. The molecule has 4 nitrogen and oxygen atoms in total. The van der Waals surface area contributed by atoms with E-state index in [0.29, 0.717) is 17.5 Å². The Kier molecular flexibility index (Phi) is 6.98.